The summed E-state index contributed by atoms with van der Waals surface area (Å²) in [4.78, 5) is 0. The average Bonchev–Trinajstić information content (AvgIpc) is 0.898. The molecule has 110 heteroatoms. The van der Waals surface area contributed by atoms with E-state index in [1.165, 1.54) is 152 Å². The monoisotopic (exact) mass is 3090 g/mol. The second-order valence-electron chi connectivity index (χ2n) is 20.6. The van der Waals surface area contributed by atoms with Crippen LogP contribution in [0.15, 0.2) is 0 Å². The Labute approximate surface area is 949 Å². The number of hydrogen-bond donors (Lipinski definition) is 0. The number of unbranched alkanes of at least 4 members (excludes halogenated alkanes) is 8. The van der Waals surface area contributed by atoms with E-state index in [0.29, 0.717) is 0 Å². The van der Waals surface area contributed by atoms with Crippen LogP contribution in [0.2, 0.25) is 0 Å². The van der Waals surface area contributed by atoms with Crippen molar-refractivity contribution in [3.63, 3.8) is 0 Å². The summed E-state index contributed by atoms with van der Waals surface area (Å²) in [5, 5.41) is 0. The van der Waals surface area contributed by atoms with Gasteiger partial charge in [-0.3, -0.25) is 0 Å². The van der Waals surface area contributed by atoms with Gasteiger partial charge in [0.15, 0.2) is 0 Å². The Hall–Kier alpha value is 6.84. The average molecular weight is 3100 g/mol. The maximum Gasteiger partial charge on any atom is 6.00 e. The number of hydrogen-bond acceptors (Lipinski definition) is 82. The van der Waals surface area contributed by atoms with E-state index < -0.39 is 205 Å². The van der Waals surface area contributed by atoms with Crippen LogP contribution in [0.4, 0.5) is 0 Å². The van der Waals surface area contributed by atoms with Crippen molar-refractivity contribution < 1.29 is 667 Å². The second kappa shape index (κ2) is 119. The van der Waals surface area contributed by atoms with Crippen LogP contribution in [0.3, 0.4) is 0 Å². The minimum absolute atomic E-state index is 0. The third kappa shape index (κ3) is 928. The van der Waals surface area contributed by atoms with Crippen molar-refractivity contribution in [2.75, 3.05) is 49.3 Å². The number of rotatable bonds is 32. The Morgan fingerprint density at radius 3 is 0.200 bits per heavy atom. The molecular weight excluding hydrogens is 3020 g/mol. The molecule has 0 aliphatic rings. The maximum absolute atomic E-state index is 8.49. The fraction of sp³-hybridized carbons (Fsp3) is 0.900. The van der Waals surface area contributed by atoms with Crippen molar-refractivity contribution in [3.8, 4) is 0 Å². The van der Waals surface area contributed by atoms with E-state index >= 15 is 0 Å². The molecule has 4 radical (unpaired) electrons. The summed E-state index contributed by atoms with van der Waals surface area (Å²) in [6.07, 6.45) is 31.5. The quantitative estimate of drug-likeness (QED) is 0.0446. The van der Waals surface area contributed by atoms with Crippen molar-refractivity contribution in [1.29, 1.82) is 0 Å². The first-order chi connectivity index (χ1) is 62.2. The zero-order valence-electron chi connectivity index (χ0n) is 74.4. The van der Waals surface area contributed by atoms with Gasteiger partial charge in [0, 0.05) is 0 Å². The molecule has 924 valence electrons. The fourth-order valence-electron chi connectivity index (χ4n) is 5.20. The predicted octanol–water partition coefficient (Wildman–Crippen LogP) is -80.2. The molecule has 0 N–H and O–H groups in total. The molecule has 0 rings (SSSR count). The zero-order valence-corrected chi connectivity index (χ0v) is 101. The van der Waals surface area contributed by atoms with Gasteiger partial charge in [0.25, 0.3) is 0 Å². The molecule has 4 unspecified atom stereocenters. The van der Waals surface area contributed by atoms with Crippen LogP contribution >= 0.6 is 31.7 Å². The van der Waals surface area contributed by atoms with Crippen molar-refractivity contribution in [2.45, 2.75) is 182 Å². The fourth-order valence-corrected chi connectivity index (χ4v) is 15.6. The molecule has 0 heterocycles. The van der Waals surface area contributed by atoms with Crippen LogP contribution in [0.25, 0.3) is 0 Å². The normalized spacial score (nSPS) is 12.5. The van der Waals surface area contributed by atoms with Crippen LogP contribution in [-0.4, -0.2) is 72.7 Å². The number of ether oxygens (including phenoxy) is 2. The summed E-state index contributed by atoms with van der Waals surface area (Å²) in [6, 6.07) is 0. The molecule has 0 aromatic rings. The van der Waals surface area contributed by atoms with E-state index in [9.17, 15) is 0 Å². The standard InChI is InChI=1S/2C20H42OP2.20ClHO4.4Tc/c2*1-7-11-15-22(16-12-8-2)19(5)21-20(6)23(17-13-9-3)18-14-10-4;20*2-1(3,4)5;;;;/h2*19-20H,5-18H2,1-4H3;20*(H,2,3,4,5);;;;/q2*-2;;;;;;;;;;;;;;;;;;;;;4*+6/p-20. The van der Waals surface area contributed by atoms with E-state index in [4.69, 9.17) is 382 Å². The predicted molar refractivity (Wildman–Crippen MR) is 225 cm³/mol. The first-order valence-electron chi connectivity index (χ1n) is 32.1. The van der Waals surface area contributed by atoms with Crippen LogP contribution in [0.1, 0.15) is 158 Å². The molecule has 0 saturated heterocycles. The van der Waals surface area contributed by atoms with Gasteiger partial charge in [0.1, 0.15) is 0 Å². The van der Waals surface area contributed by atoms with Gasteiger partial charge in [-0.05, 0) is 124 Å². The van der Waals surface area contributed by atoms with E-state index in [2.05, 4.69) is 83.1 Å². The topological polar surface area (TPSA) is 1860 Å². The molecule has 0 aliphatic heterocycles. The minimum Gasteiger partial charge on any atom is -0.430 e. The Morgan fingerprint density at radius 2 is 0.167 bits per heavy atom. The van der Waals surface area contributed by atoms with Gasteiger partial charge in [-0.2, -0.15) is 0 Å². The summed E-state index contributed by atoms with van der Waals surface area (Å²) < 4.78 is 692. The summed E-state index contributed by atoms with van der Waals surface area (Å²) in [6.45, 7) is 35.9. The molecule has 0 bridgehead atoms. The van der Waals surface area contributed by atoms with Crippen molar-refractivity contribution >= 4 is 31.7 Å². The Balaban J connectivity index is -0.0000000464. The van der Waals surface area contributed by atoms with Gasteiger partial charge in [-0.15, -0.1) is 237 Å². The van der Waals surface area contributed by atoms with Crippen LogP contribution in [0, 0.1) is 233 Å². The van der Waals surface area contributed by atoms with E-state index in [-0.39, 0.29) is 135 Å². The van der Waals surface area contributed by atoms with E-state index in [1.54, 1.807) is 0 Å². The SMILES string of the molecule is [CH2-]C(OC([CH2-])P(CCCC)CCCC)P(CCCC)CCCC.[CH2-]C(OC([CH2-])P(CCCC)CCCC)P(CCCC)CCCC.[O-][Cl+3]([O-])([O-])[O-].[O-][Cl+3]([O-])([O-])[O-].[O-][Cl+3]([O-])([O-])[O-].[O-][Cl+3]([O-])([O-])[O-].[O-][Cl+3]([O-])([O-])[O-].[O-][Cl+3]([O-])([O-])[O-].[O-][Cl+3]([O-])([O-])[O-].[O-][Cl+3]([O-])([O-])[O-].[O-][Cl+3]([O-])([O-])[O-].[O-][Cl+3]([O-])([O-])[O-].[O-][Cl+3]([O-])([O-])[O-].[O-][Cl+3]([O-])([O-])[O-].[O-][Cl+3]([O-])([O-])[O-].[O-][Cl+3]([O-])([O-])[O-].[O-][Cl+3]([O-])([O-])[O-].[O-][Cl+3]([O-])([O-])[O-].[O-][Cl+3]([O-])([O-])[O-].[O-][Cl+3]([O-])([O-])[O-].[O-][Cl+3]([O-])([O-])[O-].[O-][Cl+3]([O-])([O-])[O-].[Tc+6].[Tc+6].[Tc+6].[Tc+6]. The summed E-state index contributed by atoms with van der Waals surface area (Å²) in [5.74, 6) is 0.774. The van der Waals surface area contributed by atoms with E-state index in [1.807, 2.05) is 0 Å². The molecule has 150 heavy (non-hydrogen) atoms. The molecule has 0 aliphatic carbocycles. The van der Waals surface area contributed by atoms with Gasteiger partial charge >= 0.3 is 80.4 Å². The first-order valence-corrected chi connectivity index (χ1v) is 64.0. The molecule has 4 atom stereocenters. The molecule has 82 nitrogen and oxygen atoms in total. The Morgan fingerprint density at radius 1 is 0.127 bits per heavy atom. The molecule has 0 aromatic heterocycles. The van der Waals surface area contributed by atoms with Crippen LogP contribution in [0.5, 0.6) is 0 Å². The summed E-state index contributed by atoms with van der Waals surface area (Å²) in [5.41, 5.74) is 0. The van der Waals surface area contributed by atoms with Gasteiger partial charge in [-0.25, -0.2) is 373 Å². The van der Waals surface area contributed by atoms with Gasteiger partial charge in [-0.1, -0.05) is 107 Å². The summed E-state index contributed by atoms with van der Waals surface area (Å²) >= 11 is 0. The smallest absolute Gasteiger partial charge is 0.430 e. The molecule has 0 spiro atoms. The molecule has 0 fully saturated rings. The molecule has 0 amide bonds. The van der Waals surface area contributed by atoms with Crippen molar-refractivity contribution in [2.24, 2.45) is 0 Å². The summed E-state index contributed by atoms with van der Waals surface area (Å²) in [7, 11) is -99.2. The minimum atomic E-state index is -4.94. The maximum atomic E-state index is 8.49. The number of halogens is 20. The van der Waals surface area contributed by atoms with Gasteiger partial charge in [0.2, 0.25) is 0 Å². The Bertz CT molecular complexity index is 1810. The molecule has 0 saturated carbocycles. The van der Waals surface area contributed by atoms with Crippen molar-refractivity contribution in [3.05, 3.63) is 27.7 Å². The van der Waals surface area contributed by atoms with Gasteiger partial charge < -0.3 is 37.2 Å². The molecular formula is C40H84Cl20O82P4Tc4. The Kier molecular flexibility index (Phi) is 177. The largest absolute Gasteiger partial charge is 6.00 e. The van der Waals surface area contributed by atoms with Crippen LogP contribution < -0.4 is 373 Å². The van der Waals surface area contributed by atoms with E-state index in [0.717, 1.165) is 0 Å². The van der Waals surface area contributed by atoms with Crippen molar-refractivity contribution in [1.82, 2.24) is 0 Å². The van der Waals surface area contributed by atoms with Gasteiger partial charge in [0.05, 0.1) is 0 Å². The first kappa shape index (κ1) is 222. The zero-order chi connectivity index (χ0) is 125. The van der Waals surface area contributed by atoms with Crippen LogP contribution in [-0.2, 0) is 89.9 Å². The second-order valence-corrected chi connectivity index (χ2v) is 46.3. The third-order valence-corrected chi connectivity index (χ3v) is 19.5. The third-order valence-electron chi connectivity index (χ3n) is 8.65. The molecule has 0 aromatic carbocycles.